The number of aromatic nitrogens is 1. The van der Waals surface area contributed by atoms with Crippen molar-refractivity contribution in [1.82, 2.24) is 4.98 Å². The molecule has 3 aromatic rings. The number of aliphatic imine (C=N–C) groups is 1. The van der Waals surface area contributed by atoms with Gasteiger partial charge in [0.2, 0.25) is 5.96 Å². The highest BCUT2D eigenvalue weighted by Gasteiger charge is 2.33. The number of halogens is 3. The quantitative estimate of drug-likeness (QED) is 0.490. The van der Waals surface area contributed by atoms with E-state index in [-0.39, 0.29) is 17.8 Å². The summed E-state index contributed by atoms with van der Waals surface area (Å²) in [4.78, 5) is 9.53. The maximum atomic E-state index is 12.9. The molecule has 35 heavy (non-hydrogen) atoms. The van der Waals surface area contributed by atoms with Gasteiger partial charge in [0.1, 0.15) is 28.8 Å². The molecule has 2 aromatic carbocycles. The Morgan fingerprint density at radius 1 is 0.971 bits per heavy atom. The number of hydrogen-bond donors (Lipinski definition) is 2. The lowest BCUT2D eigenvalue weighted by Gasteiger charge is -2.37. The topological polar surface area (TPSA) is 99.0 Å². The van der Waals surface area contributed by atoms with E-state index >= 15 is 0 Å². The predicted octanol–water partition coefficient (Wildman–Crippen LogP) is 5.36. The molecule has 0 saturated carbocycles. The van der Waals surface area contributed by atoms with Gasteiger partial charge >= 0.3 is 6.18 Å². The Kier molecular flexibility index (Phi) is 6.54. The van der Waals surface area contributed by atoms with E-state index in [1.807, 2.05) is 36.1 Å². The molecule has 1 aliphatic rings. The van der Waals surface area contributed by atoms with Crippen molar-refractivity contribution >= 4 is 11.6 Å². The fourth-order valence-electron chi connectivity index (χ4n) is 3.94. The van der Waals surface area contributed by atoms with E-state index in [4.69, 9.17) is 20.9 Å². The normalized spacial score (nSPS) is 16.2. The van der Waals surface area contributed by atoms with Crippen molar-refractivity contribution in [3.8, 4) is 17.2 Å². The van der Waals surface area contributed by atoms with Crippen molar-refractivity contribution in [2.45, 2.75) is 25.6 Å². The molecule has 0 spiro atoms. The van der Waals surface area contributed by atoms with Gasteiger partial charge in [-0.25, -0.2) is 0 Å². The minimum Gasteiger partial charge on any atom is -0.497 e. The van der Waals surface area contributed by atoms with E-state index in [1.165, 1.54) is 6.07 Å². The zero-order valence-corrected chi connectivity index (χ0v) is 19.1. The van der Waals surface area contributed by atoms with E-state index in [0.29, 0.717) is 29.4 Å². The molecular weight excluding hydrogens is 459 g/mol. The molecule has 0 bridgehead atoms. The molecule has 2 heterocycles. The van der Waals surface area contributed by atoms with Crippen LogP contribution in [0.4, 0.5) is 18.9 Å². The third-order valence-corrected chi connectivity index (χ3v) is 5.56. The van der Waals surface area contributed by atoms with Gasteiger partial charge < -0.3 is 25.8 Å². The summed E-state index contributed by atoms with van der Waals surface area (Å²) in [6.45, 7) is 1.99. The van der Waals surface area contributed by atoms with Crippen LogP contribution in [0.1, 0.15) is 30.6 Å². The summed E-state index contributed by atoms with van der Waals surface area (Å²) in [5.74, 6) is 1.65. The Labute approximate surface area is 200 Å². The molecule has 0 amide bonds. The highest BCUT2D eigenvalue weighted by molar-refractivity contribution is 5.98. The van der Waals surface area contributed by atoms with Crippen molar-refractivity contribution < 1.29 is 22.6 Å². The van der Waals surface area contributed by atoms with Crippen LogP contribution in [0.5, 0.6) is 17.2 Å². The average molecular weight is 483 g/mol. The number of nitrogens with two attached hydrogens (primary N) is 2. The minimum atomic E-state index is -4.56. The molecule has 0 radical (unpaired) electrons. The van der Waals surface area contributed by atoms with Gasteiger partial charge in [0.15, 0.2) is 0 Å². The van der Waals surface area contributed by atoms with Gasteiger partial charge in [-0.2, -0.15) is 18.2 Å². The first-order valence-corrected chi connectivity index (χ1v) is 10.8. The molecule has 1 atom stereocenters. The van der Waals surface area contributed by atoms with Crippen LogP contribution in [-0.4, -0.2) is 18.1 Å². The number of rotatable bonds is 6. The Morgan fingerprint density at radius 3 is 2.37 bits per heavy atom. The second-order valence-electron chi connectivity index (χ2n) is 7.75. The second-order valence-corrected chi connectivity index (χ2v) is 7.75. The number of benzene rings is 2. The number of nitrogens with zero attached hydrogens (tertiary/aromatic N) is 3. The van der Waals surface area contributed by atoms with Gasteiger partial charge in [0.05, 0.1) is 13.2 Å². The lowest BCUT2D eigenvalue weighted by molar-refractivity contribution is -0.141. The van der Waals surface area contributed by atoms with Crippen LogP contribution < -0.4 is 25.8 Å². The highest BCUT2D eigenvalue weighted by Crippen LogP contribution is 2.39. The largest absolute Gasteiger partial charge is 0.497 e. The second kappa shape index (κ2) is 9.57. The SMILES string of the molecule is CCC1=C(N)N=C(N)N(c2ccc(Oc3ccnc(C(F)(F)F)c3)cc2)C1c1cccc(OC)c1. The van der Waals surface area contributed by atoms with E-state index < -0.39 is 11.9 Å². The third kappa shape index (κ3) is 5.01. The van der Waals surface area contributed by atoms with E-state index in [9.17, 15) is 13.2 Å². The zero-order chi connectivity index (χ0) is 25.2. The zero-order valence-electron chi connectivity index (χ0n) is 19.1. The summed E-state index contributed by atoms with van der Waals surface area (Å²) >= 11 is 0. The number of methoxy groups -OCH3 is 1. The Hall–Kier alpha value is -4.21. The first kappa shape index (κ1) is 23.9. The molecule has 0 saturated heterocycles. The highest BCUT2D eigenvalue weighted by atomic mass is 19.4. The smallest absolute Gasteiger partial charge is 0.433 e. The van der Waals surface area contributed by atoms with Crippen molar-refractivity contribution in [2.24, 2.45) is 16.5 Å². The summed E-state index contributed by atoms with van der Waals surface area (Å²) in [5, 5.41) is 0. The van der Waals surface area contributed by atoms with Gasteiger partial charge in [-0.05, 0) is 60.0 Å². The van der Waals surface area contributed by atoms with Crippen LogP contribution >= 0.6 is 0 Å². The molecule has 0 aliphatic carbocycles. The van der Waals surface area contributed by atoms with Crippen LogP contribution in [0.3, 0.4) is 0 Å². The predicted molar refractivity (Wildman–Crippen MR) is 127 cm³/mol. The maximum Gasteiger partial charge on any atom is 0.433 e. The first-order chi connectivity index (χ1) is 16.7. The molecular formula is C25H24F3N5O2. The summed E-state index contributed by atoms with van der Waals surface area (Å²) in [7, 11) is 1.59. The maximum absolute atomic E-state index is 12.9. The molecule has 10 heteroatoms. The number of hydrogen-bond acceptors (Lipinski definition) is 7. The van der Waals surface area contributed by atoms with E-state index in [0.717, 1.165) is 23.4 Å². The van der Waals surface area contributed by atoms with Gasteiger partial charge in [-0.3, -0.25) is 4.98 Å². The fourth-order valence-corrected chi connectivity index (χ4v) is 3.94. The van der Waals surface area contributed by atoms with Crippen molar-refractivity contribution in [3.63, 3.8) is 0 Å². The number of guanidine groups is 1. The molecule has 4 N–H and O–H groups in total. The monoisotopic (exact) mass is 483 g/mol. The van der Waals surface area contributed by atoms with Crippen LogP contribution in [-0.2, 0) is 6.18 Å². The molecule has 1 unspecified atom stereocenters. The summed E-state index contributed by atoms with van der Waals surface area (Å²) < 4.78 is 49.9. The summed E-state index contributed by atoms with van der Waals surface area (Å²) in [5.41, 5.74) is 14.0. The van der Waals surface area contributed by atoms with Crippen molar-refractivity contribution in [1.29, 1.82) is 0 Å². The van der Waals surface area contributed by atoms with Gasteiger partial charge in [-0.1, -0.05) is 19.1 Å². The standard InChI is InChI=1S/C25H24F3N5O2/c1-3-20-22(15-5-4-6-18(13-15)34-2)33(24(30)32-23(20)29)16-7-9-17(10-8-16)35-19-11-12-31-21(14-19)25(26,27)28/h4-14,22H,3,29H2,1-2H3,(H2,30,32). The Bertz CT molecular complexity index is 1270. The molecule has 0 fully saturated rings. The summed E-state index contributed by atoms with van der Waals surface area (Å²) in [6, 6.07) is 16.3. The lowest BCUT2D eigenvalue weighted by atomic mass is 9.93. The molecule has 1 aromatic heterocycles. The molecule has 7 nitrogen and oxygen atoms in total. The Balaban J connectivity index is 1.67. The van der Waals surface area contributed by atoms with Gasteiger partial charge in [0, 0.05) is 18.0 Å². The van der Waals surface area contributed by atoms with E-state index in [1.54, 1.807) is 31.4 Å². The van der Waals surface area contributed by atoms with Crippen LogP contribution in [0.15, 0.2) is 83.2 Å². The number of anilines is 1. The van der Waals surface area contributed by atoms with Crippen LogP contribution in [0.2, 0.25) is 0 Å². The molecule has 182 valence electrons. The van der Waals surface area contributed by atoms with Gasteiger partial charge in [0.25, 0.3) is 0 Å². The van der Waals surface area contributed by atoms with Gasteiger partial charge in [-0.15, -0.1) is 0 Å². The number of ether oxygens (including phenoxy) is 2. The number of pyridine rings is 1. The molecule has 4 rings (SSSR count). The number of alkyl halides is 3. The van der Waals surface area contributed by atoms with E-state index in [2.05, 4.69) is 9.98 Å². The fraction of sp³-hybridized carbons (Fsp3) is 0.200. The Morgan fingerprint density at radius 2 is 1.71 bits per heavy atom. The van der Waals surface area contributed by atoms with Crippen LogP contribution in [0.25, 0.3) is 0 Å². The minimum absolute atomic E-state index is 0.0253. The first-order valence-electron chi connectivity index (χ1n) is 10.8. The summed E-state index contributed by atoms with van der Waals surface area (Å²) in [6.07, 6.45) is -2.86. The lowest BCUT2D eigenvalue weighted by Crippen LogP contribution is -2.44. The third-order valence-electron chi connectivity index (χ3n) is 5.56. The van der Waals surface area contributed by atoms with Crippen LogP contribution in [0, 0.1) is 0 Å². The van der Waals surface area contributed by atoms with Crippen molar-refractivity contribution in [3.05, 3.63) is 89.5 Å². The average Bonchev–Trinajstić information content (AvgIpc) is 2.84. The molecule has 1 aliphatic heterocycles. The van der Waals surface area contributed by atoms with Crippen molar-refractivity contribution in [2.75, 3.05) is 12.0 Å².